The highest BCUT2D eigenvalue weighted by atomic mass is 32.1. The van der Waals surface area contributed by atoms with E-state index in [1.807, 2.05) is 0 Å². The zero-order valence-corrected chi connectivity index (χ0v) is 15.1. The van der Waals surface area contributed by atoms with E-state index in [0.29, 0.717) is 18.5 Å². The van der Waals surface area contributed by atoms with Crippen molar-refractivity contribution >= 4 is 17.2 Å². The van der Waals surface area contributed by atoms with Crippen LogP contribution in [0.1, 0.15) is 21.6 Å². The topological polar surface area (TPSA) is 51.2 Å². The molecule has 0 fully saturated rings. The van der Waals surface area contributed by atoms with Gasteiger partial charge in [0.1, 0.15) is 10.8 Å². The largest absolute Gasteiger partial charge is 0.497 e. The molecule has 0 saturated carbocycles. The van der Waals surface area contributed by atoms with Crippen LogP contribution in [-0.4, -0.2) is 24.5 Å². The zero-order chi connectivity index (χ0) is 17.6. The van der Waals surface area contributed by atoms with Crippen LogP contribution >= 0.6 is 11.3 Å². The first-order chi connectivity index (χ1) is 12.2. The van der Waals surface area contributed by atoms with Gasteiger partial charge in [0, 0.05) is 29.5 Å². The molecule has 3 rings (SSSR count). The number of benzene rings is 2. The molecule has 3 aromatic rings. The third-order valence-electron chi connectivity index (χ3n) is 3.87. The van der Waals surface area contributed by atoms with Gasteiger partial charge >= 0.3 is 0 Å². The van der Waals surface area contributed by atoms with Crippen LogP contribution in [0.15, 0.2) is 53.9 Å². The smallest absolute Gasteiger partial charge is 0.251 e. The lowest BCUT2D eigenvalue weighted by atomic mass is 10.2. The second-order valence-electron chi connectivity index (χ2n) is 5.74. The van der Waals surface area contributed by atoms with E-state index in [2.05, 4.69) is 46.9 Å². The van der Waals surface area contributed by atoms with Crippen molar-refractivity contribution in [2.75, 3.05) is 13.7 Å². The summed E-state index contributed by atoms with van der Waals surface area (Å²) in [6, 6.07) is 15.4. The molecule has 4 nitrogen and oxygen atoms in total. The minimum absolute atomic E-state index is 0.0864. The molecule has 0 aliphatic rings. The number of hydrogen-bond acceptors (Lipinski definition) is 4. The average Bonchev–Trinajstić information content (AvgIpc) is 3.11. The molecule has 0 aliphatic carbocycles. The Hall–Kier alpha value is -2.66. The number of nitrogens with zero attached hydrogens (tertiary/aromatic N) is 1. The van der Waals surface area contributed by atoms with Gasteiger partial charge in [-0.2, -0.15) is 0 Å². The van der Waals surface area contributed by atoms with Crippen LogP contribution in [0, 0.1) is 6.92 Å². The molecule has 5 heteroatoms. The molecule has 0 bridgehead atoms. The lowest BCUT2D eigenvalue weighted by Crippen LogP contribution is -2.25. The molecule has 25 heavy (non-hydrogen) atoms. The van der Waals surface area contributed by atoms with Gasteiger partial charge in [0.05, 0.1) is 12.8 Å². The number of aryl methyl sites for hydroxylation is 1. The van der Waals surface area contributed by atoms with Crippen molar-refractivity contribution in [1.82, 2.24) is 10.3 Å². The van der Waals surface area contributed by atoms with Crippen LogP contribution in [0.4, 0.5) is 0 Å². The Morgan fingerprint density at radius 3 is 2.52 bits per heavy atom. The minimum atomic E-state index is -0.0864. The standard InChI is InChI=1S/C20H20N2O2S/c1-14-3-5-16(6-4-14)20-22-17(13-25-20)11-12-21-19(23)15-7-9-18(24-2)10-8-15/h3-10,13H,11-12H2,1-2H3,(H,21,23). The second kappa shape index (κ2) is 7.94. The quantitative estimate of drug-likeness (QED) is 0.727. The first-order valence-corrected chi connectivity index (χ1v) is 8.97. The summed E-state index contributed by atoms with van der Waals surface area (Å²) in [6.07, 6.45) is 0.713. The Morgan fingerprint density at radius 1 is 1.12 bits per heavy atom. The van der Waals surface area contributed by atoms with E-state index in [1.54, 1.807) is 42.7 Å². The van der Waals surface area contributed by atoms with Gasteiger partial charge < -0.3 is 10.1 Å². The maximum Gasteiger partial charge on any atom is 0.251 e. The van der Waals surface area contributed by atoms with Gasteiger partial charge in [0.2, 0.25) is 0 Å². The van der Waals surface area contributed by atoms with Crippen molar-refractivity contribution in [2.45, 2.75) is 13.3 Å². The molecule has 1 heterocycles. The number of carbonyl (C=O) groups excluding carboxylic acids is 1. The van der Waals surface area contributed by atoms with Crippen LogP contribution in [0.5, 0.6) is 5.75 Å². The molecule has 0 aliphatic heterocycles. The maximum atomic E-state index is 12.1. The van der Waals surface area contributed by atoms with Crippen LogP contribution in [0.25, 0.3) is 10.6 Å². The Morgan fingerprint density at radius 2 is 1.84 bits per heavy atom. The second-order valence-corrected chi connectivity index (χ2v) is 6.60. The molecule has 1 amide bonds. The van der Waals surface area contributed by atoms with Gasteiger partial charge in [-0.1, -0.05) is 29.8 Å². The predicted molar refractivity (Wildman–Crippen MR) is 101 cm³/mol. The van der Waals surface area contributed by atoms with E-state index in [-0.39, 0.29) is 5.91 Å². The van der Waals surface area contributed by atoms with Crippen molar-refractivity contribution in [2.24, 2.45) is 0 Å². The van der Waals surface area contributed by atoms with Crippen LogP contribution in [0.2, 0.25) is 0 Å². The maximum absolute atomic E-state index is 12.1. The Balaban J connectivity index is 1.53. The fourth-order valence-electron chi connectivity index (χ4n) is 2.40. The number of methoxy groups -OCH3 is 1. The zero-order valence-electron chi connectivity index (χ0n) is 14.3. The van der Waals surface area contributed by atoms with Crippen molar-refractivity contribution in [3.63, 3.8) is 0 Å². The number of ether oxygens (including phenoxy) is 1. The normalized spacial score (nSPS) is 10.5. The first-order valence-electron chi connectivity index (χ1n) is 8.09. The molecule has 0 spiro atoms. The number of amides is 1. The summed E-state index contributed by atoms with van der Waals surface area (Å²) in [4.78, 5) is 16.8. The molecule has 1 N–H and O–H groups in total. The molecule has 2 aromatic carbocycles. The van der Waals surface area contributed by atoms with E-state index in [1.165, 1.54) is 5.56 Å². The Kier molecular flexibility index (Phi) is 5.46. The highest BCUT2D eigenvalue weighted by Gasteiger charge is 2.07. The monoisotopic (exact) mass is 352 g/mol. The number of aromatic nitrogens is 1. The molecule has 0 radical (unpaired) electrons. The minimum Gasteiger partial charge on any atom is -0.497 e. The van der Waals surface area contributed by atoms with Gasteiger partial charge in [0.25, 0.3) is 5.91 Å². The summed E-state index contributed by atoms with van der Waals surface area (Å²) < 4.78 is 5.09. The molecule has 0 saturated heterocycles. The summed E-state index contributed by atoms with van der Waals surface area (Å²) in [5.74, 6) is 0.652. The average molecular weight is 352 g/mol. The van der Waals surface area contributed by atoms with Crippen molar-refractivity contribution in [3.05, 3.63) is 70.7 Å². The van der Waals surface area contributed by atoms with E-state index in [0.717, 1.165) is 22.0 Å². The summed E-state index contributed by atoms with van der Waals surface area (Å²) in [7, 11) is 1.60. The van der Waals surface area contributed by atoms with E-state index >= 15 is 0 Å². The predicted octanol–water partition coefficient (Wildman–Crippen LogP) is 4.10. The molecular weight excluding hydrogens is 332 g/mol. The SMILES string of the molecule is COc1ccc(C(=O)NCCc2csc(-c3ccc(C)cc3)n2)cc1. The number of carbonyl (C=O) groups is 1. The first kappa shape index (κ1) is 17.2. The van der Waals surface area contributed by atoms with E-state index in [4.69, 9.17) is 4.74 Å². The third kappa shape index (κ3) is 4.45. The van der Waals surface area contributed by atoms with E-state index in [9.17, 15) is 4.79 Å². The number of thiazole rings is 1. The van der Waals surface area contributed by atoms with Crippen molar-refractivity contribution in [3.8, 4) is 16.3 Å². The third-order valence-corrected chi connectivity index (χ3v) is 4.81. The lowest BCUT2D eigenvalue weighted by Gasteiger charge is -2.05. The molecular formula is C20H20N2O2S. The number of rotatable bonds is 6. The Bertz CT molecular complexity index is 839. The highest BCUT2D eigenvalue weighted by molar-refractivity contribution is 7.13. The highest BCUT2D eigenvalue weighted by Crippen LogP contribution is 2.24. The van der Waals surface area contributed by atoms with Crippen molar-refractivity contribution in [1.29, 1.82) is 0 Å². The molecule has 1 aromatic heterocycles. The number of hydrogen-bond donors (Lipinski definition) is 1. The van der Waals surface area contributed by atoms with Crippen LogP contribution in [-0.2, 0) is 6.42 Å². The van der Waals surface area contributed by atoms with Gasteiger partial charge in [-0.05, 0) is 31.2 Å². The summed E-state index contributed by atoms with van der Waals surface area (Å²) >= 11 is 1.63. The Labute approximate surface area is 151 Å². The molecule has 0 atom stereocenters. The fourth-order valence-corrected chi connectivity index (χ4v) is 3.26. The molecule has 0 unspecified atom stereocenters. The summed E-state index contributed by atoms with van der Waals surface area (Å²) in [5, 5.41) is 5.99. The number of nitrogens with one attached hydrogen (secondary N) is 1. The lowest BCUT2D eigenvalue weighted by molar-refractivity contribution is 0.0954. The van der Waals surface area contributed by atoms with Gasteiger partial charge in [-0.15, -0.1) is 11.3 Å². The van der Waals surface area contributed by atoms with Crippen LogP contribution < -0.4 is 10.1 Å². The summed E-state index contributed by atoms with van der Waals surface area (Å²) in [5.41, 5.74) is 3.99. The fraction of sp³-hybridized carbons (Fsp3) is 0.200. The van der Waals surface area contributed by atoms with Crippen LogP contribution in [0.3, 0.4) is 0 Å². The van der Waals surface area contributed by atoms with E-state index < -0.39 is 0 Å². The summed E-state index contributed by atoms with van der Waals surface area (Å²) in [6.45, 7) is 2.63. The van der Waals surface area contributed by atoms with Gasteiger partial charge in [-0.3, -0.25) is 4.79 Å². The van der Waals surface area contributed by atoms with Crippen molar-refractivity contribution < 1.29 is 9.53 Å². The van der Waals surface area contributed by atoms with Gasteiger partial charge in [0.15, 0.2) is 0 Å². The van der Waals surface area contributed by atoms with Gasteiger partial charge in [-0.25, -0.2) is 4.98 Å². The molecule has 128 valence electrons.